The minimum absolute atomic E-state index is 0.152. The smallest absolute Gasteiger partial charge is 0.344 e. The van der Waals surface area contributed by atoms with Gasteiger partial charge in [0.05, 0.1) is 4.90 Å². The van der Waals surface area contributed by atoms with Gasteiger partial charge in [0, 0.05) is 36.2 Å². The number of sulfonamides is 1. The van der Waals surface area contributed by atoms with Gasteiger partial charge in [0.1, 0.15) is 5.82 Å². The average molecular weight is 416 g/mol. The molecule has 3 aromatic rings. The lowest BCUT2D eigenvalue weighted by Crippen LogP contribution is -2.38. The molecule has 6 nitrogen and oxygen atoms in total. The van der Waals surface area contributed by atoms with E-state index >= 15 is 0 Å². The molecule has 0 unspecified atom stereocenters. The van der Waals surface area contributed by atoms with E-state index in [-0.39, 0.29) is 17.1 Å². The van der Waals surface area contributed by atoms with Gasteiger partial charge < -0.3 is 4.57 Å². The van der Waals surface area contributed by atoms with E-state index in [1.54, 1.807) is 0 Å². The van der Waals surface area contributed by atoms with Crippen molar-refractivity contribution in [2.24, 2.45) is 0 Å². The molecule has 152 valence electrons. The summed E-state index contributed by atoms with van der Waals surface area (Å²) in [5, 5.41) is 1.24. The summed E-state index contributed by atoms with van der Waals surface area (Å²) < 4.78 is 42.4. The Hall–Kier alpha value is -2.80. The zero-order valence-corrected chi connectivity index (χ0v) is 16.7. The van der Waals surface area contributed by atoms with E-state index in [0.717, 1.165) is 12.8 Å². The molecule has 0 amide bonds. The maximum Gasteiger partial charge on any atom is 0.373 e. The van der Waals surface area contributed by atoms with Crippen LogP contribution in [0.4, 0.5) is 4.39 Å². The number of hydrogen-bond donors (Lipinski definition) is 0. The number of benzene rings is 2. The zero-order chi connectivity index (χ0) is 21.0. The highest BCUT2D eigenvalue weighted by molar-refractivity contribution is 7.89. The topological polar surface area (TPSA) is 76.5 Å². The molecule has 1 fully saturated rings. The van der Waals surface area contributed by atoms with E-state index in [2.05, 4.69) is 29.8 Å². The van der Waals surface area contributed by atoms with Crippen LogP contribution in [0.3, 0.4) is 0 Å². The Morgan fingerprint density at radius 1 is 1.00 bits per heavy atom. The Labute approximate surface area is 168 Å². The maximum atomic E-state index is 13.1. The number of carbonyl (C=O) groups excluding carboxylic acids is 2. The summed E-state index contributed by atoms with van der Waals surface area (Å²) in [5.41, 5.74) is 2.44. The molecular weight excluding hydrogens is 395 g/mol. The summed E-state index contributed by atoms with van der Waals surface area (Å²) in [5.74, 6) is -0.433. The van der Waals surface area contributed by atoms with Crippen molar-refractivity contribution in [1.29, 1.82) is 0 Å². The molecule has 0 N–H and O–H groups in total. The van der Waals surface area contributed by atoms with E-state index in [9.17, 15) is 12.8 Å². The van der Waals surface area contributed by atoms with Crippen LogP contribution in [0.2, 0.25) is 0 Å². The molecule has 2 heterocycles. The monoisotopic (exact) mass is 416 g/mol. The van der Waals surface area contributed by atoms with Crippen LogP contribution in [-0.4, -0.2) is 36.5 Å². The summed E-state index contributed by atoms with van der Waals surface area (Å²) in [7, 11) is -3.56. The largest absolute Gasteiger partial charge is 0.373 e. The predicted molar refractivity (Wildman–Crippen MR) is 105 cm³/mol. The van der Waals surface area contributed by atoms with E-state index in [1.165, 1.54) is 45.0 Å². The third-order valence-corrected chi connectivity index (χ3v) is 7.12. The van der Waals surface area contributed by atoms with Gasteiger partial charge in [-0.05, 0) is 55.7 Å². The number of rotatable bonds is 3. The second kappa shape index (κ2) is 8.69. The highest BCUT2D eigenvalue weighted by atomic mass is 32.2. The van der Waals surface area contributed by atoms with Gasteiger partial charge in [-0.2, -0.15) is 13.9 Å². The first-order valence-corrected chi connectivity index (χ1v) is 10.6. The Morgan fingerprint density at radius 3 is 2.21 bits per heavy atom. The van der Waals surface area contributed by atoms with Crippen LogP contribution in [0, 0.1) is 12.7 Å². The summed E-state index contributed by atoms with van der Waals surface area (Å²) in [6.45, 7) is 3.04. The van der Waals surface area contributed by atoms with Crippen LogP contribution in [0.5, 0.6) is 0 Å². The summed E-state index contributed by atoms with van der Waals surface area (Å²) >= 11 is 0. The number of aromatic nitrogens is 1. The first kappa shape index (κ1) is 20.9. The van der Waals surface area contributed by atoms with Gasteiger partial charge in [-0.25, -0.2) is 12.8 Å². The first-order valence-electron chi connectivity index (χ1n) is 9.19. The molecule has 4 rings (SSSR count). The predicted octanol–water partition coefficient (Wildman–Crippen LogP) is 3.53. The number of aryl methyl sites for hydroxylation is 1. The van der Waals surface area contributed by atoms with Crippen LogP contribution < -0.4 is 0 Å². The number of halogens is 1. The van der Waals surface area contributed by atoms with Gasteiger partial charge in [0.2, 0.25) is 10.0 Å². The summed E-state index contributed by atoms with van der Waals surface area (Å²) in [6, 6.07) is 13.6. The Balaban J connectivity index is 0.000000755. The van der Waals surface area contributed by atoms with E-state index in [0.29, 0.717) is 13.1 Å². The van der Waals surface area contributed by atoms with Crippen molar-refractivity contribution >= 4 is 27.1 Å². The molecule has 1 aliphatic heterocycles. The normalized spacial score (nSPS) is 15.5. The SMILES string of the molecule is Cc1cn(C2CCN(S(=O)(=O)c3ccc(F)cc3)CC2)c2ccccc12.O=C=O. The average Bonchev–Trinajstić information content (AvgIpc) is 3.06. The second-order valence-electron chi connectivity index (χ2n) is 6.91. The fourth-order valence-electron chi connectivity index (χ4n) is 3.80. The molecule has 0 bridgehead atoms. The highest BCUT2D eigenvalue weighted by Gasteiger charge is 2.30. The van der Waals surface area contributed by atoms with Crippen LogP contribution in [-0.2, 0) is 19.6 Å². The maximum absolute atomic E-state index is 13.1. The molecule has 0 radical (unpaired) electrons. The van der Waals surface area contributed by atoms with Crippen LogP contribution in [0.25, 0.3) is 10.9 Å². The van der Waals surface area contributed by atoms with Gasteiger partial charge in [-0.3, -0.25) is 0 Å². The van der Waals surface area contributed by atoms with Crippen LogP contribution in [0.1, 0.15) is 24.4 Å². The lowest BCUT2D eigenvalue weighted by atomic mass is 10.1. The van der Waals surface area contributed by atoms with Crippen molar-refractivity contribution in [3.05, 3.63) is 66.1 Å². The quantitative estimate of drug-likeness (QED) is 0.655. The number of nitrogens with zero attached hydrogens (tertiary/aromatic N) is 2. The molecule has 29 heavy (non-hydrogen) atoms. The molecule has 1 aliphatic rings. The molecule has 2 aromatic carbocycles. The molecule has 1 saturated heterocycles. The number of piperidine rings is 1. The van der Waals surface area contributed by atoms with E-state index in [4.69, 9.17) is 9.59 Å². The Morgan fingerprint density at radius 2 is 1.59 bits per heavy atom. The number of para-hydroxylation sites is 1. The van der Waals surface area contributed by atoms with Crippen LogP contribution in [0.15, 0.2) is 59.6 Å². The lowest BCUT2D eigenvalue weighted by molar-refractivity contribution is -0.191. The minimum atomic E-state index is -3.56. The molecule has 1 aromatic heterocycles. The first-order chi connectivity index (χ1) is 13.9. The van der Waals surface area contributed by atoms with Gasteiger partial charge in [0.25, 0.3) is 0 Å². The van der Waals surface area contributed by atoms with Crippen molar-refractivity contribution in [3.63, 3.8) is 0 Å². The summed E-state index contributed by atoms with van der Waals surface area (Å²) in [4.78, 5) is 16.4. The molecule has 0 aliphatic carbocycles. The fourth-order valence-corrected chi connectivity index (χ4v) is 5.27. The third-order valence-electron chi connectivity index (χ3n) is 5.21. The van der Waals surface area contributed by atoms with Crippen molar-refractivity contribution in [1.82, 2.24) is 8.87 Å². The summed E-state index contributed by atoms with van der Waals surface area (Å²) in [6.07, 6.45) is 3.94. The minimum Gasteiger partial charge on any atom is -0.344 e. The lowest BCUT2D eigenvalue weighted by Gasteiger charge is -2.32. The number of hydrogen-bond acceptors (Lipinski definition) is 4. The van der Waals surface area contributed by atoms with Crippen molar-refractivity contribution in [2.45, 2.75) is 30.7 Å². The van der Waals surface area contributed by atoms with Crippen molar-refractivity contribution in [3.8, 4) is 0 Å². The number of fused-ring (bicyclic) bond motifs is 1. The molecule has 0 spiro atoms. The van der Waals surface area contributed by atoms with Gasteiger partial charge in [0.15, 0.2) is 0 Å². The van der Waals surface area contributed by atoms with Gasteiger partial charge in [-0.1, -0.05) is 18.2 Å². The van der Waals surface area contributed by atoms with Crippen molar-refractivity contribution in [2.75, 3.05) is 13.1 Å². The van der Waals surface area contributed by atoms with E-state index in [1.807, 2.05) is 12.1 Å². The Kier molecular flexibility index (Phi) is 6.27. The fraction of sp³-hybridized carbons (Fsp3) is 0.286. The van der Waals surface area contributed by atoms with E-state index < -0.39 is 15.8 Å². The molecule has 8 heteroatoms. The standard InChI is InChI=1S/C20H21FN2O2S.CO2/c1-15-14-23(20-5-3-2-4-19(15)20)17-10-12-22(13-11-17)26(24,25)18-8-6-16(21)7-9-18;2-1-3/h2-9,14,17H,10-13H2,1H3;. The van der Waals surface area contributed by atoms with Crippen LogP contribution >= 0.6 is 0 Å². The third kappa shape index (κ3) is 4.29. The highest BCUT2D eigenvalue weighted by Crippen LogP contribution is 2.31. The second-order valence-corrected chi connectivity index (χ2v) is 8.85. The Bertz CT molecular complexity index is 1130. The van der Waals surface area contributed by atoms with Crippen molar-refractivity contribution < 1.29 is 22.4 Å². The molecule has 0 atom stereocenters. The molecule has 0 saturated carbocycles. The zero-order valence-electron chi connectivity index (χ0n) is 15.9. The van der Waals surface area contributed by atoms with Gasteiger partial charge in [-0.15, -0.1) is 0 Å². The molecular formula is C21H21FN2O4S. The van der Waals surface area contributed by atoms with Gasteiger partial charge >= 0.3 is 6.15 Å².